The number of rotatable bonds is 8. The Morgan fingerprint density at radius 2 is 1.79 bits per heavy atom. The Kier molecular flexibility index (Phi) is 6.68. The molecule has 2 aromatic carbocycles. The Morgan fingerprint density at radius 1 is 1.10 bits per heavy atom. The van der Waals surface area contributed by atoms with Crippen LogP contribution in [-0.2, 0) is 14.8 Å². The smallest absolute Gasteiger partial charge is 0.293 e. The molecule has 0 aromatic heterocycles. The molecule has 1 aliphatic heterocycles. The van der Waals surface area contributed by atoms with Crippen LogP contribution >= 0.6 is 0 Å². The van der Waals surface area contributed by atoms with Gasteiger partial charge in [-0.2, -0.15) is 0 Å². The second-order valence-electron chi connectivity index (χ2n) is 6.70. The van der Waals surface area contributed by atoms with Crippen LogP contribution in [-0.4, -0.2) is 64.7 Å². The standard InChI is InChI=1S/C19H24N4O5S/c1-28-14-13-21-9-11-22(12-10-21)18-8-7-17(15-19(18)23(24)25)29(26,27)20-16-5-3-2-4-6-16/h2-8,15,20H,9-14H2,1H3. The molecule has 1 N–H and O–H groups in total. The molecule has 0 radical (unpaired) electrons. The monoisotopic (exact) mass is 420 g/mol. The highest BCUT2D eigenvalue weighted by molar-refractivity contribution is 7.92. The second kappa shape index (κ2) is 9.21. The molecule has 156 valence electrons. The lowest BCUT2D eigenvalue weighted by Gasteiger charge is -2.35. The highest BCUT2D eigenvalue weighted by atomic mass is 32.2. The molecule has 0 spiro atoms. The van der Waals surface area contributed by atoms with Gasteiger partial charge >= 0.3 is 0 Å². The molecule has 0 amide bonds. The minimum absolute atomic E-state index is 0.143. The van der Waals surface area contributed by atoms with Gasteiger partial charge in [0.05, 0.1) is 16.4 Å². The molecule has 29 heavy (non-hydrogen) atoms. The predicted molar refractivity (Wildman–Crippen MR) is 111 cm³/mol. The van der Waals surface area contributed by atoms with Gasteiger partial charge < -0.3 is 9.64 Å². The first-order chi connectivity index (χ1) is 13.9. The zero-order valence-electron chi connectivity index (χ0n) is 16.2. The number of hydrogen-bond acceptors (Lipinski definition) is 7. The van der Waals surface area contributed by atoms with Crippen LogP contribution in [0.1, 0.15) is 0 Å². The third-order valence-electron chi connectivity index (χ3n) is 4.80. The van der Waals surface area contributed by atoms with Crippen molar-refractivity contribution in [3.05, 3.63) is 58.6 Å². The van der Waals surface area contributed by atoms with Gasteiger partial charge in [0.2, 0.25) is 0 Å². The molecule has 1 aliphatic rings. The predicted octanol–water partition coefficient (Wildman–Crippen LogP) is 2.16. The highest BCUT2D eigenvalue weighted by Gasteiger charge is 2.26. The van der Waals surface area contributed by atoms with Crippen molar-refractivity contribution in [2.24, 2.45) is 0 Å². The Hall–Kier alpha value is -2.69. The number of piperazine rings is 1. The molecular formula is C19H24N4O5S. The van der Waals surface area contributed by atoms with Crippen LogP contribution in [0.3, 0.4) is 0 Å². The number of para-hydroxylation sites is 1. The summed E-state index contributed by atoms with van der Waals surface area (Å²) in [6, 6.07) is 12.5. The number of sulfonamides is 1. The molecule has 3 rings (SSSR count). The summed E-state index contributed by atoms with van der Waals surface area (Å²) in [5, 5.41) is 11.6. The lowest BCUT2D eigenvalue weighted by Crippen LogP contribution is -2.47. The van der Waals surface area contributed by atoms with Gasteiger partial charge in [-0.25, -0.2) is 8.42 Å². The Bertz CT molecular complexity index is 944. The van der Waals surface area contributed by atoms with Gasteiger partial charge in [-0.15, -0.1) is 0 Å². The molecule has 1 saturated heterocycles. The van der Waals surface area contributed by atoms with Gasteiger partial charge in [0.25, 0.3) is 15.7 Å². The van der Waals surface area contributed by atoms with Crippen molar-refractivity contribution in [2.45, 2.75) is 4.90 Å². The van der Waals surface area contributed by atoms with Gasteiger partial charge in [-0.05, 0) is 24.3 Å². The van der Waals surface area contributed by atoms with Crippen molar-refractivity contribution in [1.29, 1.82) is 0 Å². The maximum absolute atomic E-state index is 12.6. The normalized spacial score (nSPS) is 15.3. The van der Waals surface area contributed by atoms with Crippen LogP contribution in [0.15, 0.2) is 53.4 Å². The van der Waals surface area contributed by atoms with Crippen molar-refractivity contribution >= 4 is 27.1 Å². The summed E-state index contributed by atoms with van der Waals surface area (Å²) in [6.45, 7) is 4.22. The van der Waals surface area contributed by atoms with Gasteiger partial charge in [-0.1, -0.05) is 18.2 Å². The van der Waals surface area contributed by atoms with E-state index in [2.05, 4.69) is 9.62 Å². The highest BCUT2D eigenvalue weighted by Crippen LogP contribution is 2.32. The number of nitrogens with one attached hydrogen (secondary N) is 1. The molecular weight excluding hydrogens is 396 g/mol. The maximum Gasteiger partial charge on any atom is 0.293 e. The van der Waals surface area contributed by atoms with Crippen molar-refractivity contribution in [2.75, 3.05) is 56.1 Å². The summed E-state index contributed by atoms with van der Waals surface area (Å²) in [5.74, 6) is 0. The molecule has 0 unspecified atom stereocenters. The molecule has 1 fully saturated rings. The summed E-state index contributed by atoms with van der Waals surface area (Å²) in [5.41, 5.74) is 0.609. The van der Waals surface area contributed by atoms with E-state index < -0.39 is 14.9 Å². The van der Waals surface area contributed by atoms with E-state index in [1.807, 2.05) is 4.90 Å². The fourth-order valence-electron chi connectivity index (χ4n) is 3.24. The van der Waals surface area contributed by atoms with Crippen molar-refractivity contribution in [1.82, 2.24) is 4.90 Å². The van der Waals surface area contributed by atoms with Crippen LogP contribution in [0.2, 0.25) is 0 Å². The van der Waals surface area contributed by atoms with Crippen LogP contribution in [0.25, 0.3) is 0 Å². The van der Waals surface area contributed by atoms with Gasteiger partial charge in [0, 0.05) is 51.6 Å². The molecule has 0 aliphatic carbocycles. The first-order valence-corrected chi connectivity index (χ1v) is 10.7. The zero-order chi connectivity index (χ0) is 20.9. The Labute approximate surface area is 170 Å². The van der Waals surface area contributed by atoms with E-state index in [0.717, 1.165) is 25.7 Å². The van der Waals surface area contributed by atoms with E-state index in [4.69, 9.17) is 4.74 Å². The third-order valence-corrected chi connectivity index (χ3v) is 6.18. The summed E-state index contributed by atoms with van der Waals surface area (Å²) in [6.07, 6.45) is 0. The number of ether oxygens (including phenoxy) is 1. The molecule has 2 aromatic rings. The number of hydrogen-bond donors (Lipinski definition) is 1. The molecule has 9 nitrogen and oxygen atoms in total. The summed E-state index contributed by atoms with van der Waals surface area (Å²) in [4.78, 5) is 15.1. The van der Waals surface area contributed by atoms with E-state index >= 15 is 0 Å². The average Bonchev–Trinajstić information content (AvgIpc) is 2.72. The maximum atomic E-state index is 12.6. The fraction of sp³-hybridized carbons (Fsp3) is 0.368. The summed E-state index contributed by atoms with van der Waals surface area (Å²) < 4.78 is 32.8. The number of benzene rings is 2. The Morgan fingerprint density at radius 3 is 2.41 bits per heavy atom. The lowest BCUT2D eigenvalue weighted by atomic mass is 10.2. The van der Waals surface area contributed by atoms with Crippen molar-refractivity contribution in [3.8, 4) is 0 Å². The summed E-state index contributed by atoms with van der Waals surface area (Å²) in [7, 11) is -2.28. The fourth-order valence-corrected chi connectivity index (χ4v) is 4.32. The van der Waals surface area contributed by atoms with E-state index in [0.29, 0.717) is 31.1 Å². The van der Waals surface area contributed by atoms with E-state index in [1.165, 1.54) is 12.1 Å². The minimum Gasteiger partial charge on any atom is -0.383 e. The lowest BCUT2D eigenvalue weighted by molar-refractivity contribution is -0.384. The van der Waals surface area contributed by atoms with Gasteiger partial charge in [-0.3, -0.25) is 19.7 Å². The number of methoxy groups -OCH3 is 1. The second-order valence-corrected chi connectivity index (χ2v) is 8.38. The van der Waals surface area contributed by atoms with E-state index in [1.54, 1.807) is 37.4 Å². The first kappa shape index (κ1) is 21.0. The van der Waals surface area contributed by atoms with Gasteiger partial charge in [0.15, 0.2) is 0 Å². The average molecular weight is 420 g/mol. The van der Waals surface area contributed by atoms with Crippen molar-refractivity contribution < 1.29 is 18.1 Å². The Balaban J connectivity index is 1.80. The first-order valence-electron chi connectivity index (χ1n) is 9.23. The van der Waals surface area contributed by atoms with Crippen LogP contribution in [0, 0.1) is 10.1 Å². The molecule has 0 atom stereocenters. The van der Waals surface area contributed by atoms with E-state index in [-0.39, 0.29) is 10.6 Å². The molecule has 1 heterocycles. The third kappa shape index (κ3) is 5.22. The van der Waals surface area contributed by atoms with Crippen LogP contribution < -0.4 is 9.62 Å². The number of nitrogens with zero attached hydrogens (tertiary/aromatic N) is 3. The SMILES string of the molecule is COCCN1CCN(c2ccc(S(=O)(=O)Nc3ccccc3)cc2[N+](=O)[O-])CC1. The van der Waals surface area contributed by atoms with Crippen LogP contribution in [0.4, 0.5) is 17.1 Å². The number of anilines is 2. The number of nitro groups is 1. The minimum atomic E-state index is -3.93. The zero-order valence-corrected chi connectivity index (χ0v) is 17.0. The topological polar surface area (TPSA) is 105 Å². The van der Waals surface area contributed by atoms with Crippen molar-refractivity contribution in [3.63, 3.8) is 0 Å². The largest absolute Gasteiger partial charge is 0.383 e. The summed E-state index contributed by atoms with van der Waals surface area (Å²) >= 11 is 0. The quantitative estimate of drug-likeness (QED) is 0.515. The molecule has 0 saturated carbocycles. The van der Waals surface area contributed by atoms with E-state index in [9.17, 15) is 18.5 Å². The number of nitro benzene ring substituents is 1. The van der Waals surface area contributed by atoms with Gasteiger partial charge in [0.1, 0.15) is 5.69 Å². The molecule has 0 bridgehead atoms. The van der Waals surface area contributed by atoms with Crippen LogP contribution in [0.5, 0.6) is 0 Å². The molecule has 10 heteroatoms.